The Morgan fingerprint density at radius 2 is 2.10 bits per heavy atom. The summed E-state index contributed by atoms with van der Waals surface area (Å²) in [6, 6.07) is 0. The Hall–Kier alpha value is -0.870. The van der Waals surface area contributed by atoms with Crippen molar-refractivity contribution in [2.24, 2.45) is 5.92 Å². The Labute approximate surface area is 126 Å². The van der Waals surface area contributed by atoms with E-state index in [9.17, 15) is 5.11 Å². The summed E-state index contributed by atoms with van der Waals surface area (Å²) in [5, 5.41) is 13.6. The second-order valence-electron chi connectivity index (χ2n) is 6.07. The molecule has 5 heteroatoms. The van der Waals surface area contributed by atoms with Crippen LogP contribution >= 0.6 is 11.6 Å². The summed E-state index contributed by atoms with van der Waals surface area (Å²) in [6.07, 6.45) is 3.94. The topological polar surface area (TPSA) is 58.0 Å². The smallest absolute Gasteiger partial charge is 0.137 e. The highest BCUT2D eigenvalue weighted by Crippen LogP contribution is 2.26. The first-order valence-electron chi connectivity index (χ1n) is 7.43. The first-order valence-corrected chi connectivity index (χ1v) is 7.81. The molecule has 0 aromatic carbocycles. The molecule has 1 aromatic heterocycles. The van der Waals surface area contributed by atoms with Crippen molar-refractivity contribution in [3.05, 3.63) is 16.5 Å². The van der Waals surface area contributed by atoms with Crippen LogP contribution in [0.1, 0.15) is 56.8 Å². The standard InChI is InChI=1S/C15H24ClN3O/c1-9(2)14-18-13(16)10(3)15(19-14)17-8-11-5-4-6-12(20)7-11/h9,11-12,20H,4-8H2,1-3H3,(H,17,18,19). The van der Waals surface area contributed by atoms with Gasteiger partial charge in [-0.25, -0.2) is 9.97 Å². The van der Waals surface area contributed by atoms with Crippen LogP contribution in [0.2, 0.25) is 5.15 Å². The molecule has 4 nitrogen and oxygen atoms in total. The Bertz CT molecular complexity index is 465. The summed E-state index contributed by atoms with van der Waals surface area (Å²) in [4.78, 5) is 8.88. The number of anilines is 1. The van der Waals surface area contributed by atoms with Crippen molar-refractivity contribution in [2.75, 3.05) is 11.9 Å². The van der Waals surface area contributed by atoms with Crippen LogP contribution in [0.15, 0.2) is 0 Å². The van der Waals surface area contributed by atoms with E-state index in [4.69, 9.17) is 11.6 Å². The van der Waals surface area contributed by atoms with Crippen LogP contribution in [0.3, 0.4) is 0 Å². The Balaban J connectivity index is 2.04. The lowest BCUT2D eigenvalue weighted by molar-refractivity contribution is 0.104. The minimum Gasteiger partial charge on any atom is -0.393 e. The summed E-state index contributed by atoms with van der Waals surface area (Å²) in [7, 11) is 0. The maximum absolute atomic E-state index is 9.72. The summed E-state index contributed by atoms with van der Waals surface area (Å²) in [6.45, 7) is 6.89. The fourth-order valence-corrected chi connectivity index (χ4v) is 2.80. The molecular weight excluding hydrogens is 274 g/mol. The highest BCUT2D eigenvalue weighted by Gasteiger charge is 2.20. The van der Waals surface area contributed by atoms with Crippen molar-refractivity contribution in [3.8, 4) is 0 Å². The number of halogens is 1. The zero-order chi connectivity index (χ0) is 14.7. The molecule has 2 atom stereocenters. The van der Waals surface area contributed by atoms with Gasteiger partial charge in [-0.2, -0.15) is 0 Å². The van der Waals surface area contributed by atoms with Crippen LogP contribution in [-0.4, -0.2) is 27.7 Å². The normalized spacial score (nSPS) is 23.1. The molecule has 1 aliphatic rings. The van der Waals surface area contributed by atoms with Gasteiger partial charge in [0.15, 0.2) is 0 Å². The second kappa shape index (κ2) is 6.72. The van der Waals surface area contributed by atoms with Gasteiger partial charge in [0.05, 0.1) is 6.10 Å². The molecule has 0 aliphatic heterocycles. The third-order valence-electron chi connectivity index (χ3n) is 3.93. The second-order valence-corrected chi connectivity index (χ2v) is 6.43. The number of aliphatic hydroxyl groups is 1. The van der Waals surface area contributed by atoms with Crippen molar-refractivity contribution < 1.29 is 5.11 Å². The van der Waals surface area contributed by atoms with Crippen molar-refractivity contribution in [3.63, 3.8) is 0 Å². The molecule has 0 amide bonds. The highest BCUT2D eigenvalue weighted by atomic mass is 35.5. The summed E-state index contributed by atoms with van der Waals surface area (Å²) in [5.74, 6) is 2.36. The van der Waals surface area contributed by atoms with Gasteiger partial charge in [-0.05, 0) is 32.1 Å². The number of hydrogen-bond donors (Lipinski definition) is 2. The maximum atomic E-state index is 9.72. The van der Waals surface area contributed by atoms with E-state index in [-0.39, 0.29) is 12.0 Å². The van der Waals surface area contributed by atoms with Crippen LogP contribution < -0.4 is 5.32 Å². The molecule has 2 rings (SSSR count). The Morgan fingerprint density at radius 1 is 1.35 bits per heavy atom. The summed E-state index contributed by atoms with van der Waals surface area (Å²) >= 11 is 6.18. The van der Waals surface area contributed by atoms with Crippen molar-refractivity contribution in [1.29, 1.82) is 0 Å². The zero-order valence-corrected chi connectivity index (χ0v) is 13.2. The number of aliphatic hydroxyl groups excluding tert-OH is 1. The predicted molar refractivity (Wildman–Crippen MR) is 82.3 cm³/mol. The molecule has 2 unspecified atom stereocenters. The van der Waals surface area contributed by atoms with Gasteiger partial charge in [0, 0.05) is 18.0 Å². The predicted octanol–water partition coefficient (Wildman–Crippen LogP) is 3.52. The lowest BCUT2D eigenvalue weighted by atomic mass is 9.87. The number of aromatic nitrogens is 2. The van der Waals surface area contributed by atoms with Crippen LogP contribution in [0.25, 0.3) is 0 Å². The first kappa shape index (κ1) is 15.5. The minimum atomic E-state index is -0.142. The van der Waals surface area contributed by atoms with Crippen molar-refractivity contribution in [2.45, 2.75) is 58.5 Å². The number of rotatable bonds is 4. The quantitative estimate of drug-likeness (QED) is 0.835. The average Bonchev–Trinajstić information content (AvgIpc) is 2.40. The molecular formula is C15H24ClN3O. The zero-order valence-electron chi connectivity index (χ0n) is 12.5. The van der Waals surface area contributed by atoms with Gasteiger partial charge in [-0.1, -0.05) is 31.9 Å². The van der Waals surface area contributed by atoms with Crippen molar-refractivity contribution >= 4 is 17.4 Å². The van der Waals surface area contributed by atoms with Gasteiger partial charge < -0.3 is 10.4 Å². The fraction of sp³-hybridized carbons (Fsp3) is 0.733. The minimum absolute atomic E-state index is 0.142. The summed E-state index contributed by atoms with van der Waals surface area (Å²) in [5.41, 5.74) is 0.896. The Morgan fingerprint density at radius 3 is 2.75 bits per heavy atom. The van der Waals surface area contributed by atoms with Crippen LogP contribution in [0.5, 0.6) is 0 Å². The number of hydrogen-bond acceptors (Lipinski definition) is 4. The van der Waals surface area contributed by atoms with E-state index in [1.54, 1.807) is 0 Å². The van der Waals surface area contributed by atoms with Crippen molar-refractivity contribution in [1.82, 2.24) is 9.97 Å². The molecule has 20 heavy (non-hydrogen) atoms. The average molecular weight is 298 g/mol. The van der Waals surface area contributed by atoms with Crippen LogP contribution in [-0.2, 0) is 0 Å². The number of nitrogens with zero attached hydrogens (tertiary/aromatic N) is 2. The van der Waals surface area contributed by atoms with E-state index in [1.807, 2.05) is 6.92 Å². The van der Waals surface area contributed by atoms with E-state index < -0.39 is 0 Å². The molecule has 1 fully saturated rings. The van der Waals surface area contributed by atoms with Gasteiger partial charge in [0.1, 0.15) is 16.8 Å². The van der Waals surface area contributed by atoms with E-state index in [1.165, 1.54) is 6.42 Å². The molecule has 0 saturated heterocycles. The largest absolute Gasteiger partial charge is 0.393 e. The van der Waals surface area contributed by atoms with E-state index in [0.29, 0.717) is 11.1 Å². The molecule has 1 heterocycles. The van der Waals surface area contributed by atoms with Gasteiger partial charge in [-0.3, -0.25) is 0 Å². The lowest BCUT2D eigenvalue weighted by Crippen LogP contribution is -2.25. The number of nitrogens with one attached hydrogen (secondary N) is 1. The first-order chi connectivity index (χ1) is 9.47. The van der Waals surface area contributed by atoms with E-state index in [2.05, 4.69) is 29.1 Å². The van der Waals surface area contributed by atoms with E-state index >= 15 is 0 Å². The highest BCUT2D eigenvalue weighted by molar-refractivity contribution is 6.30. The molecule has 2 N–H and O–H groups in total. The van der Waals surface area contributed by atoms with Gasteiger partial charge in [0.25, 0.3) is 0 Å². The Kier molecular flexibility index (Phi) is 5.22. The van der Waals surface area contributed by atoms with Gasteiger partial charge >= 0.3 is 0 Å². The molecule has 0 spiro atoms. The molecule has 1 aromatic rings. The SMILES string of the molecule is Cc1c(Cl)nc(C(C)C)nc1NCC1CCCC(O)C1. The van der Waals surface area contributed by atoms with Gasteiger partial charge in [-0.15, -0.1) is 0 Å². The molecule has 1 aliphatic carbocycles. The molecule has 0 bridgehead atoms. The summed E-state index contributed by atoms with van der Waals surface area (Å²) < 4.78 is 0. The van der Waals surface area contributed by atoms with Gasteiger partial charge in [0.2, 0.25) is 0 Å². The van der Waals surface area contributed by atoms with Crippen LogP contribution in [0, 0.1) is 12.8 Å². The van der Waals surface area contributed by atoms with E-state index in [0.717, 1.165) is 43.0 Å². The molecule has 1 saturated carbocycles. The molecule has 112 valence electrons. The third-order valence-corrected chi connectivity index (χ3v) is 4.30. The lowest BCUT2D eigenvalue weighted by Gasteiger charge is -2.26. The van der Waals surface area contributed by atoms with Crippen LogP contribution in [0.4, 0.5) is 5.82 Å². The fourth-order valence-electron chi connectivity index (χ4n) is 2.62. The maximum Gasteiger partial charge on any atom is 0.137 e. The third kappa shape index (κ3) is 3.83. The monoisotopic (exact) mass is 297 g/mol. The molecule has 0 radical (unpaired) electrons.